The number of amides is 1. The second kappa shape index (κ2) is 6.83. The van der Waals surface area contributed by atoms with E-state index in [9.17, 15) is 4.79 Å². The molecule has 1 heterocycles. The molecule has 0 aliphatic rings. The lowest BCUT2D eigenvalue weighted by atomic mass is 10.0. The molecule has 0 aromatic carbocycles. The number of nitrogens with zero attached hydrogens (tertiary/aromatic N) is 2. The summed E-state index contributed by atoms with van der Waals surface area (Å²) in [5, 5.41) is 1.89. The third-order valence-electron chi connectivity index (χ3n) is 2.01. The van der Waals surface area contributed by atoms with Gasteiger partial charge in [-0.2, -0.15) is 4.99 Å². The van der Waals surface area contributed by atoms with Gasteiger partial charge in [0.05, 0.1) is 6.04 Å². The van der Waals surface area contributed by atoms with Gasteiger partial charge in [-0.15, -0.1) is 23.7 Å². The molecule has 1 aromatic rings. The highest BCUT2D eigenvalue weighted by Crippen LogP contribution is 2.03. The maximum absolute atomic E-state index is 11.6. The predicted molar refractivity (Wildman–Crippen MR) is 68.5 cm³/mol. The van der Waals surface area contributed by atoms with E-state index < -0.39 is 6.04 Å². The average Bonchev–Trinajstić information content (AvgIpc) is 2.50. The molecule has 0 saturated heterocycles. The maximum atomic E-state index is 11.6. The monoisotopic (exact) mass is 263 g/mol. The Morgan fingerprint density at radius 1 is 1.62 bits per heavy atom. The molecule has 2 N–H and O–H groups in total. The Hall–Kier alpha value is -0.650. The van der Waals surface area contributed by atoms with Crippen molar-refractivity contribution < 1.29 is 4.79 Å². The minimum atomic E-state index is -0.480. The summed E-state index contributed by atoms with van der Waals surface area (Å²) in [7, 11) is 1.86. The quantitative estimate of drug-likeness (QED) is 0.894. The number of nitrogens with two attached hydrogens (primary N) is 1. The van der Waals surface area contributed by atoms with E-state index in [2.05, 4.69) is 4.99 Å². The van der Waals surface area contributed by atoms with E-state index in [4.69, 9.17) is 5.73 Å². The summed E-state index contributed by atoms with van der Waals surface area (Å²) < 4.78 is 1.81. The molecular weight excluding hydrogens is 246 g/mol. The molecule has 1 atom stereocenters. The van der Waals surface area contributed by atoms with E-state index in [1.165, 1.54) is 11.3 Å². The summed E-state index contributed by atoms with van der Waals surface area (Å²) in [6, 6.07) is -0.480. The fourth-order valence-corrected chi connectivity index (χ4v) is 1.96. The van der Waals surface area contributed by atoms with Gasteiger partial charge in [-0.05, 0) is 12.3 Å². The highest BCUT2D eigenvalue weighted by atomic mass is 35.5. The second-order valence-electron chi connectivity index (χ2n) is 3.98. The Morgan fingerprint density at radius 2 is 2.25 bits per heavy atom. The summed E-state index contributed by atoms with van der Waals surface area (Å²) in [5.74, 6) is 0.179. The number of hydrogen-bond donors (Lipinski definition) is 1. The van der Waals surface area contributed by atoms with Crippen LogP contribution in [0, 0.1) is 5.92 Å². The number of carbonyl (C=O) groups excluding carboxylic acids is 1. The van der Waals surface area contributed by atoms with Crippen LogP contribution in [0.5, 0.6) is 0 Å². The van der Waals surface area contributed by atoms with E-state index in [0.29, 0.717) is 17.1 Å². The lowest BCUT2D eigenvalue weighted by Crippen LogP contribution is -2.32. The minimum absolute atomic E-state index is 0. The maximum Gasteiger partial charge on any atom is 0.265 e. The molecule has 1 amide bonds. The minimum Gasteiger partial charge on any atom is -0.327 e. The first-order valence-electron chi connectivity index (χ1n) is 4.95. The number of aromatic nitrogens is 1. The molecule has 92 valence electrons. The van der Waals surface area contributed by atoms with Crippen LogP contribution in [0.2, 0.25) is 0 Å². The van der Waals surface area contributed by atoms with Crippen molar-refractivity contribution in [3.05, 3.63) is 16.4 Å². The number of carbonyl (C=O) groups is 1. The van der Waals surface area contributed by atoms with Crippen LogP contribution >= 0.6 is 23.7 Å². The van der Waals surface area contributed by atoms with Crippen LogP contribution in [0.25, 0.3) is 0 Å². The zero-order valence-corrected chi connectivity index (χ0v) is 11.3. The van der Waals surface area contributed by atoms with Crippen molar-refractivity contribution in [2.24, 2.45) is 23.7 Å². The molecule has 0 unspecified atom stereocenters. The standard InChI is InChI=1S/C10H17N3OS.ClH/c1-7(2)6-8(11)9(14)12-10-13(3)4-5-15-10;/h4-5,7-8H,6,11H2,1-3H3;1H/t8-;/m0./s1. The highest BCUT2D eigenvalue weighted by Gasteiger charge is 2.13. The number of aryl methyl sites for hydroxylation is 1. The number of halogens is 1. The second-order valence-corrected chi connectivity index (χ2v) is 4.86. The van der Waals surface area contributed by atoms with Crippen LogP contribution in [0.3, 0.4) is 0 Å². The first kappa shape index (κ1) is 15.3. The van der Waals surface area contributed by atoms with Gasteiger partial charge in [-0.3, -0.25) is 4.79 Å². The summed E-state index contributed by atoms with van der Waals surface area (Å²) >= 11 is 1.43. The van der Waals surface area contributed by atoms with Crippen LogP contribution in [-0.2, 0) is 11.8 Å². The summed E-state index contributed by atoms with van der Waals surface area (Å²) in [5.41, 5.74) is 5.74. The van der Waals surface area contributed by atoms with Crippen molar-refractivity contribution in [3.63, 3.8) is 0 Å². The van der Waals surface area contributed by atoms with E-state index >= 15 is 0 Å². The lowest BCUT2D eigenvalue weighted by molar-refractivity contribution is -0.119. The van der Waals surface area contributed by atoms with Crippen LogP contribution in [0.4, 0.5) is 0 Å². The topological polar surface area (TPSA) is 60.4 Å². The van der Waals surface area contributed by atoms with Crippen LogP contribution in [0.1, 0.15) is 20.3 Å². The molecule has 0 saturated carbocycles. The average molecular weight is 264 g/mol. The molecule has 0 bridgehead atoms. The zero-order valence-electron chi connectivity index (χ0n) is 9.71. The number of hydrogen-bond acceptors (Lipinski definition) is 3. The predicted octanol–water partition coefficient (Wildman–Crippen LogP) is 1.31. The molecule has 0 spiro atoms. The van der Waals surface area contributed by atoms with Crippen LogP contribution in [-0.4, -0.2) is 16.5 Å². The SMILES string of the molecule is CC(C)C[C@H](N)C(=O)N=c1sccn1C.Cl. The summed E-state index contributed by atoms with van der Waals surface area (Å²) in [6.07, 6.45) is 2.54. The molecule has 1 rings (SSSR count). The molecule has 1 aromatic heterocycles. The first-order chi connectivity index (χ1) is 7.00. The van der Waals surface area contributed by atoms with E-state index in [-0.39, 0.29) is 18.3 Å². The number of rotatable bonds is 3. The Labute approximate surface area is 106 Å². The van der Waals surface area contributed by atoms with E-state index in [1.807, 2.05) is 37.0 Å². The molecule has 0 radical (unpaired) electrons. The van der Waals surface area contributed by atoms with Crippen LogP contribution in [0.15, 0.2) is 16.6 Å². The normalized spacial score (nSPS) is 13.7. The first-order valence-corrected chi connectivity index (χ1v) is 5.83. The third-order valence-corrected chi connectivity index (χ3v) is 2.86. The van der Waals surface area contributed by atoms with Crippen molar-refractivity contribution in [3.8, 4) is 0 Å². The van der Waals surface area contributed by atoms with Crippen molar-refractivity contribution in [1.29, 1.82) is 0 Å². The van der Waals surface area contributed by atoms with Gasteiger partial charge in [0.25, 0.3) is 5.91 Å². The molecule has 0 aliphatic carbocycles. The van der Waals surface area contributed by atoms with Crippen molar-refractivity contribution in [2.45, 2.75) is 26.3 Å². The van der Waals surface area contributed by atoms with Crippen LogP contribution < -0.4 is 10.5 Å². The Balaban J connectivity index is 0.00000225. The van der Waals surface area contributed by atoms with Crippen molar-refractivity contribution in [2.75, 3.05) is 0 Å². The molecular formula is C10H18ClN3OS. The van der Waals surface area contributed by atoms with E-state index in [0.717, 1.165) is 0 Å². The van der Waals surface area contributed by atoms with Gasteiger partial charge < -0.3 is 10.3 Å². The Bertz CT molecular complexity index is 397. The summed E-state index contributed by atoms with van der Waals surface area (Å²) in [6.45, 7) is 4.08. The Morgan fingerprint density at radius 3 is 2.69 bits per heavy atom. The fraction of sp³-hybridized carbons (Fsp3) is 0.600. The van der Waals surface area contributed by atoms with Gasteiger partial charge in [0.1, 0.15) is 0 Å². The largest absolute Gasteiger partial charge is 0.327 e. The molecule has 16 heavy (non-hydrogen) atoms. The smallest absolute Gasteiger partial charge is 0.265 e. The lowest BCUT2D eigenvalue weighted by Gasteiger charge is -2.09. The third kappa shape index (κ3) is 4.47. The van der Waals surface area contributed by atoms with Gasteiger partial charge in [-0.1, -0.05) is 13.8 Å². The fourth-order valence-electron chi connectivity index (χ4n) is 1.22. The number of thiazole rings is 1. The van der Waals surface area contributed by atoms with Crippen molar-refractivity contribution in [1.82, 2.24) is 4.57 Å². The zero-order chi connectivity index (χ0) is 11.4. The molecule has 0 fully saturated rings. The van der Waals surface area contributed by atoms with Gasteiger partial charge in [0.15, 0.2) is 4.80 Å². The van der Waals surface area contributed by atoms with Gasteiger partial charge in [0, 0.05) is 18.6 Å². The van der Waals surface area contributed by atoms with Gasteiger partial charge in [0.2, 0.25) is 0 Å². The van der Waals surface area contributed by atoms with Crippen molar-refractivity contribution >= 4 is 29.7 Å². The van der Waals surface area contributed by atoms with E-state index in [1.54, 1.807) is 0 Å². The van der Waals surface area contributed by atoms with Gasteiger partial charge in [-0.25, -0.2) is 0 Å². The molecule has 6 heteroatoms. The summed E-state index contributed by atoms with van der Waals surface area (Å²) in [4.78, 5) is 16.3. The highest BCUT2D eigenvalue weighted by molar-refractivity contribution is 7.07. The molecule has 0 aliphatic heterocycles. The van der Waals surface area contributed by atoms with Gasteiger partial charge >= 0.3 is 0 Å². The molecule has 4 nitrogen and oxygen atoms in total. The Kier molecular flexibility index (Phi) is 6.55.